The first-order chi connectivity index (χ1) is 13.0. The number of carbonyl (C=O) groups is 2. The van der Waals surface area contributed by atoms with Crippen LogP contribution in [0.3, 0.4) is 0 Å². The van der Waals surface area contributed by atoms with E-state index in [0.29, 0.717) is 30.9 Å². The van der Waals surface area contributed by atoms with Gasteiger partial charge in [-0.05, 0) is 35.9 Å². The van der Waals surface area contributed by atoms with Gasteiger partial charge in [0.05, 0.1) is 6.61 Å². The number of hydrogen-bond acceptors (Lipinski definition) is 4. The van der Waals surface area contributed by atoms with E-state index in [-0.39, 0.29) is 11.8 Å². The predicted octanol–water partition coefficient (Wildman–Crippen LogP) is 2.56. The number of carbonyl (C=O) groups excluding carboxylic acids is 2. The highest BCUT2D eigenvalue weighted by Crippen LogP contribution is 2.29. The molecule has 27 heavy (non-hydrogen) atoms. The highest BCUT2D eigenvalue weighted by atomic mass is 16.5. The molecule has 0 saturated heterocycles. The molecular weight excluding hydrogens is 344 g/mol. The molecular formula is C21H22N2O4. The van der Waals surface area contributed by atoms with Crippen molar-refractivity contribution < 1.29 is 19.1 Å². The van der Waals surface area contributed by atoms with Gasteiger partial charge < -0.3 is 20.1 Å². The van der Waals surface area contributed by atoms with Crippen molar-refractivity contribution in [3.63, 3.8) is 0 Å². The number of para-hydroxylation sites is 1. The highest BCUT2D eigenvalue weighted by Gasteiger charge is 2.37. The molecule has 0 radical (unpaired) electrons. The van der Waals surface area contributed by atoms with Crippen LogP contribution in [0.15, 0.2) is 61.2 Å². The summed E-state index contributed by atoms with van der Waals surface area (Å²) in [5, 5.41) is 5.72. The molecule has 140 valence electrons. The van der Waals surface area contributed by atoms with Crippen molar-refractivity contribution in [1.29, 1.82) is 0 Å². The van der Waals surface area contributed by atoms with Crippen LogP contribution in [-0.2, 0) is 16.0 Å². The molecule has 1 aliphatic heterocycles. The average molecular weight is 366 g/mol. The Hall–Kier alpha value is -3.12. The standard InChI is InChI=1S/C21H22N2O4/c1-3-19(24)22-17-9-6-8-15(11-17)20(25)23-21(13-26-2)12-16-7-4-5-10-18(16)27-14-21/h3-11H,1,12-14H2,2H3,(H,22,24)(H,23,25). The summed E-state index contributed by atoms with van der Waals surface area (Å²) in [7, 11) is 1.60. The fourth-order valence-corrected chi connectivity index (χ4v) is 3.15. The van der Waals surface area contributed by atoms with Crippen molar-refractivity contribution in [3.05, 3.63) is 72.3 Å². The zero-order valence-electron chi connectivity index (χ0n) is 15.2. The summed E-state index contributed by atoms with van der Waals surface area (Å²) in [6.45, 7) is 4.06. The molecule has 0 fully saturated rings. The fourth-order valence-electron chi connectivity index (χ4n) is 3.15. The second kappa shape index (κ2) is 8.05. The largest absolute Gasteiger partial charge is 0.491 e. The van der Waals surface area contributed by atoms with E-state index in [1.807, 2.05) is 24.3 Å². The van der Waals surface area contributed by atoms with Gasteiger partial charge in [-0.3, -0.25) is 9.59 Å². The first-order valence-corrected chi connectivity index (χ1v) is 8.61. The van der Waals surface area contributed by atoms with Gasteiger partial charge in [-0.15, -0.1) is 0 Å². The number of fused-ring (bicyclic) bond motifs is 1. The van der Waals surface area contributed by atoms with Crippen LogP contribution in [0.2, 0.25) is 0 Å². The van der Waals surface area contributed by atoms with Crippen molar-refractivity contribution in [2.75, 3.05) is 25.6 Å². The number of amides is 2. The maximum absolute atomic E-state index is 12.9. The zero-order chi connectivity index (χ0) is 19.3. The summed E-state index contributed by atoms with van der Waals surface area (Å²) in [5.41, 5.74) is 1.32. The molecule has 0 aliphatic carbocycles. The lowest BCUT2D eigenvalue weighted by molar-refractivity contribution is -0.111. The molecule has 2 amide bonds. The van der Waals surface area contributed by atoms with Crippen LogP contribution >= 0.6 is 0 Å². The Morgan fingerprint density at radius 1 is 1.26 bits per heavy atom. The number of anilines is 1. The second-order valence-electron chi connectivity index (χ2n) is 6.51. The van der Waals surface area contributed by atoms with Crippen molar-refractivity contribution in [1.82, 2.24) is 5.32 Å². The van der Waals surface area contributed by atoms with Gasteiger partial charge in [0.2, 0.25) is 5.91 Å². The minimum atomic E-state index is -0.666. The summed E-state index contributed by atoms with van der Waals surface area (Å²) in [6, 6.07) is 14.5. The van der Waals surface area contributed by atoms with Crippen LogP contribution in [0.4, 0.5) is 5.69 Å². The first-order valence-electron chi connectivity index (χ1n) is 8.61. The molecule has 2 aromatic carbocycles. The van der Waals surface area contributed by atoms with E-state index in [0.717, 1.165) is 11.3 Å². The van der Waals surface area contributed by atoms with E-state index >= 15 is 0 Å². The SMILES string of the molecule is C=CC(=O)Nc1cccc(C(=O)NC2(COC)COc3ccccc3C2)c1. The predicted molar refractivity (Wildman–Crippen MR) is 103 cm³/mol. The molecule has 6 heteroatoms. The maximum Gasteiger partial charge on any atom is 0.251 e. The molecule has 6 nitrogen and oxygen atoms in total. The maximum atomic E-state index is 12.9. The van der Waals surface area contributed by atoms with Crippen molar-refractivity contribution in [2.24, 2.45) is 0 Å². The van der Waals surface area contributed by atoms with Gasteiger partial charge in [0, 0.05) is 24.8 Å². The van der Waals surface area contributed by atoms with Crippen molar-refractivity contribution in [3.8, 4) is 5.75 Å². The van der Waals surface area contributed by atoms with Gasteiger partial charge in [0.1, 0.15) is 17.9 Å². The van der Waals surface area contributed by atoms with E-state index in [9.17, 15) is 9.59 Å². The zero-order valence-corrected chi connectivity index (χ0v) is 15.2. The van der Waals surface area contributed by atoms with Crippen LogP contribution in [0.5, 0.6) is 5.75 Å². The number of hydrogen-bond donors (Lipinski definition) is 2. The monoisotopic (exact) mass is 366 g/mol. The minimum absolute atomic E-state index is 0.260. The molecule has 1 unspecified atom stereocenters. The van der Waals surface area contributed by atoms with Crippen molar-refractivity contribution in [2.45, 2.75) is 12.0 Å². The van der Waals surface area contributed by atoms with E-state index < -0.39 is 5.54 Å². The molecule has 0 aromatic heterocycles. The Balaban J connectivity index is 1.79. The molecule has 0 spiro atoms. The lowest BCUT2D eigenvalue weighted by atomic mass is 9.89. The summed E-state index contributed by atoms with van der Waals surface area (Å²) in [5.74, 6) is 0.234. The Morgan fingerprint density at radius 3 is 2.85 bits per heavy atom. The Kier molecular flexibility index (Phi) is 5.57. The third-order valence-electron chi connectivity index (χ3n) is 4.38. The van der Waals surface area contributed by atoms with Gasteiger partial charge in [-0.25, -0.2) is 0 Å². The quantitative estimate of drug-likeness (QED) is 0.771. The fraction of sp³-hybridized carbons (Fsp3) is 0.238. The molecule has 0 bridgehead atoms. The van der Waals surface area contributed by atoms with Gasteiger partial charge in [0.25, 0.3) is 5.91 Å². The highest BCUT2D eigenvalue weighted by molar-refractivity contribution is 6.01. The van der Waals surface area contributed by atoms with Crippen LogP contribution in [-0.4, -0.2) is 37.7 Å². The lowest BCUT2D eigenvalue weighted by Crippen LogP contribution is -2.58. The van der Waals surface area contributed by atoms with Gasteiger partial charge >= 0.3 is 0 Å². The third-order valence-corrected chi connectivity index (χ3v) is 4.38. The van der Waals surface area contributed by atoms with Gasteiger partial charge in [-0.1, -0.05) is 30.8 Å². The Morgan fingerprint density at radius 2 is 2.07 bits per heavy atom. The normalized spacial score (nSPS) is 18.0. The molecule has 0 saturated carbocycles. The molecule has 1 atom stereocenters. The molecule has 2 N–H and O–H groups in total. The van der Waals surface area contributed by atoms with Crippen LogP contribution in [0.1, 0.15) is 15.9 Å². The van der Waals surface area contributed by atoms with E-state index in [4.69, 9.17) is 9.47 Å². The first kappa shape index (κ1) is 18.7. The number of benzene rings is 2. The van der Waals surface area contributed by atoms with Crippen molar-refractivity contribution >= 4 is 17.5 Å². The molecule has 1 aliphatic rings. The molecule has 3 rings (SSSR count). The lowest BCUT2D eigenvalue weighted by Gasteiger charge is -2.38. The molecule has 1 heterocycles. The topological polar surface area (TPSA) is 76.7 Å². The summed E-state index contributed by atoms with van der Waals surface area (Å²) < 4.78 is 11.2. The van der Waals surface area contributed by atoms with E-state index in [2.05, 4.69) is 17.2 Å². The Labute approximate surface area is 158 Å². The number of ether oxygens (including phenoxy) is 2. The second-order valence-corrected chi connectivity index (χ2v) is 6.51. The summed E-state index contributed by atoms with van der Waals surface area (Å²) in [4.78, 5) is 24.3. The summed E-state index contributed by atoms with van der Waals surface area (Å²) >= 11 is 0. The Bertz CT molecular complexity index is 865. The molecule has 2 aromatic rings. The third kappa shape index (κ3) is 4.35. The van der Waals surface area contributed by atoms with Crippen LogP contribution in [0.25, 0.3) is 0 Å². The smallest absolute Gasteiger partial charge is 0.251 e. The average Bonchev–Trinajstić information content (AvgIpc) is 2.68. The van der Waals surface area contributed by atoms with Gasteiger partial charge in [-0.2, -0.15) is 0 Å². The number of nitrogens with one attached hydrogen (secondary N) is 2. The number of rotatable bonds is 6. The van der Waals surface area contributed by atoms with Crippen LogP contribution < -0.4 is 15.4 Å². The van der Waals surface area contributed by atoms with E-state index in [1.54, 1.807) is 31.4 Å². The number of methoxy groups -OCH3 is 1. The van der Waals surface area contributed by atoms with E-state index in [1.165, 1.54) is 6.08 Å². The minimum Gasteiger partial charge on any atom is -0.491 e. The van der Waals surface area contributed by atoms with Crippen LogP contribution in [0, 0.1) is 0 Å². The van der Waals surface area contributed by atoms with Gasteiger partial charge in [0.15, 0.2) is 0 Å². The summed E-state index contributed by atoms with van der Waals surface area (Å²) in [6.07, 6.45) is 1.78.